The summed E-state index contributed by atoms with van der Waals surface area (Å²) in [4.78, 5) is 61.7. The number of ether oxygens (including phenoxy) is 3. The lowest BCUT2D eigenvalue weighted by Crippen LogP contribution is -2.32. The van der Waals surface area contributed by atoms with Crippen LogP contribution in [0.1, 0.15) is 54.7 Å². The lowest BCUT2D eigenvalue weighted by Gasteiger charge is -2.30. The SMILES string of the molecule is COC(=O)C1=C(C)NC(C)=C(C(=O)OCCOC(=O)CC(c2ccc(Cc3ncc[nH]3)cc2)n2ccnc2)C1c1cccc([N+](=O)[O-])c1. The van der Waals surface area contributed by atoms with Crippen LogP contribution in [0.4, 0.5) is 5.69 Å². The molecule has 14 heteroatoms. The topological polar surface area (TPSA) is 181 Å². The molecule has 1 aliphatic rings. The number of hydrogen-bond donors (Lipinski definition) is 2. The van der Waals surface area contributed by atoms with E-state index in [9.17, 15) is 24.5 Å². The van der Waals surface area contributed by atoms with E-state index < -0.39 is 28.7 Å². The van der Waals surface area contributed by atoms with Crippen LogP contribution >= 0.6 is 0 Å². The van der Waals surface area contributed by atoms with Gasteiger partial charge in [0.2, 0.25) is 0 Å². The second kappa shape index (κ2) is 15.0. The number of carbonyl (C=O) groups is 3. The van der Waals surface area contributed by atoms with Gasteiger partial charge >= 0.3 is 17.9 Å². The summed E-state index contributed by atoms with van der Waals surface area (Å²) in [5, 5.41) is 14.5. The summed E-state index contributed by atoms with van der Waals surface area (Å²) in [5.41, 5.74) is 3.08. The highest BCUT2D eigenvalue weighted by molar-refractivity contribution is 5.99. The summed E-state index contributed by atoms with van der Waals surface area (Å²) in [6, 6.07) is 13.2. The number of benzene rings is 2. The largest absolute Gasteiger partial charge is 0.466 e. The molecular weight excluding hydrogens is 620 g/mol. The maximum absolute atomic E-state index is 13.5. The van der Waals surface area contributed by atoms with Gasteiger partial charge in [-0.05, 0) is 30.5 Å². The number of H-pyrrole nitrogens is 1. The van der Waals surface area contributed by atoms with Crippen molar-refractivity contribution >= 4 is 23.6 Å². The summed E-state index contributed by atoms with van der Waals surface area (Å²) >= 11 is 0. The molecule has 0 aliphatic carbocycles. The third kappa shape index (κ3) is 7.66. The lowest BCUT2D eigenvalue weighted by atomic mass is 9.80. The molecule has 0 bridgehead atoms. The first-order valence-electron chi connectivity index (χ1n) is 15.0. The number of aromatic nitrogens is 4. The van der Waals surface area contributed by atoms with Gasteiger partial charge in [-0.15, -0.1) is 0 Å². The molecule has 4 aromatic rings. The van der Waals surface area contributed by atoms with E-state index in [0.29, 0.717) is 23.4 Å². The molecule has 2 aromatic carbocycles. The molecule has 1 aliphatic heterocycles. The van der Waals surface area contributed by atoms with E-state index >= 15 is 0 Å². The van der Waals surface area contributed by atoms with Gasteiger partial charge in [-0.3, -0.25) is 14.9 Å². The van der Waals surface area contributed by atoms with Crippen molar-refractivity contribution < 1.29 is 33.5 Å². The fourth-order valence-corrected chi connectivity index (χ4v) is 5.68. The molecule has 0 fully saturated rings. The normalized spacial score (nSPS) is 15.0. The first-order chi connectivity index (χ1) is 23.2. The molecule has 0 saturated carbocycles. The Balaban J connectivity index is 1.24. The van der Waals surface area contributed by atoms with Crippen LogP contribution in [0.3, 0.4) is 0 Å². The molecular formula is C34H34N6O8. The Hall–Kier alpha value is -6.05. The van der Waals surface area contributed by atoms with E-state index in [1.54, 1.807) is 51.0 Å². The highest BCUT2D eigenvalue weighted by atomic mass is 16.6. The Morgan fingerprint density at radius 2 is 1.73 bits per heavy atom. The van der Waals surface area contributed by atoms with Gasteiger partial charge in [-0.25, -0.2) is 19.6 Å². The molecule has 2 N–H and O–H groups in total. The summed E-state index contributed by atoms with van der Waals surface area (Å²) in [6.07, 6.45) is 9.13. The van der Waals surface area contributed by atoms with Gasteiger partial charge in [-0.1, -0.05) is 36.4 Å². The number of esters is 3. The number of allylic oxidation sites excluding steroid dienone is 2. The number of non-ortho nitro benzene ring substituents is 1. The summed E-state index contributed by atoms with van der Waals surface area (Å²) < 4.78 is 17.7. The minimum Gasteiger partial charge on any atom is -0.466 e. The third-order valence-electron chi connectivity index (χ3n) is 7.92. The number of aromatic amines is 1. The van der Waals surface area contributed by atoms with E-state index in [1.165, 1.54) is 25.3 Å². The van der Waals surface area contributed by atoms with E-state index in [1.807, 2.05) is 28.8 Å². The van der Waals surface area contributed by atoms with Crippen molar-refractivity contribution in [3.05, 3.63) is 135 Å². The van der Waals surface area contributed by atoms with Crippen LogP contribution < -0.4 is 5.32 Å². The highest BCUT2D eigenvalue weighted by Crippen LogP contribution is 2.40. The number of nitro groups is 1. The number of methoxy groups -OCH3 is 1. The zero-order valence-corrected chi connectivity index (χ0v) is 26.5. The molecule has 0 amide bonds. The van der Waals surface area contributed by atoms with Gasteiger partial charge in [0.1, 0.15) is 19.0 Å². The number of rotatable bonds is 13. The number of nitrogens with zero attached hydrogens (tertiary/aromatic N) is 4. The number of hydrogen-bond acceptors (Lipinski definition) is 11. The van der Waals surface area contributed by atoms with Crippen LogP contribution in [-0.2, 0) is 35.0 Å². The van der Waals surface area contributed by atoms with Crippen molar-refractivity contribution in [3.8, 4) is 0 Å². The summed E-state index contributed by atoms with van der Waals surface area (Å²) in [7, 11) is 1.21. The maximum atomic E-state index is 13.5. The van der Waals surface area contributed by atoms with Gasteiger partial charge in [0.25, 0.3) is 5.69 Å². The van der Waals surface area contributed by atoms with Crippen LogP contribution in [0.15, 0.2) is 102 Å². The fraction of sp³-hybridized carbons (Fsp3) is 0.265. The predicted molar refractivity (Wildman–Crippen MR) is 171 cm³/mol. The minimum absolute atomic E-state index is 0.00254. The number of dihydropyridines is 1. The molecule has 0 saturated heterocycles. The molecule has 0 spiro atoms. The fourth-order valence-electron chi connectivity index (χ4n) is 5.68. The van der Waals surface area contributed by atoms with Crippen LogP contribution in [0.5, 0.6) is 0 Å². The van der Waals surface area contributed by atoms with Gasteiger partial charge in [-0.2, -0.15) is 0 Å². The van der Waals surface area contributed by atoms with Crippen LogP contribution in [0.25, 0.3) is 0 Å². The molecule has 2 atom stereocenters. The standard InChI is InChI=1S/C34H34N6O8/c1-21-30(33(42)46-3)32(25-5-4-6-26(18-25)40(44)45)31(22(2)38-21)34(43)48-16-15-47-29(41)19-27(39-14-13-35-20-39)24-9-7-23(8-10-24)17-28-36-11-12-37-28/h4-14,18,20,27,32,38H,15-17,19H2,1-3H3,(H,36,37). The molecule has 2 aromatic heterocycles. The second-order valence-electron chi connectivity index (χ2n) is 11.0. The Morgan fingerprint density at radius 1 is 1.00 bits per heavy atom. The quantitative estimate of drug-likeness (QED) is 0.0691. The zero-order valence-electron chi connectivity index (χ0n) is 26.5. The van der Waals surface area contributed by atoms with E-state index in [2.05, 4.69) is 20.3 Å². The first-order valence-corrected chi connectivity index (χ1v) is 15.0. The third-order valence-corrected chi connectivity index (χ3v) is 7.92. The van der Waals surface area contributed by atoms with Crippen molar-refractivity contribution in [2.75, 3.05) is 20.3 Å². The minimum atomic E-state index is -1.00. The smallest absolute Gasteiger partial charge is 0.336 e. The number of nitrogens with one attached hydrogen (secondary N) is 2. The van der Waals surface area contributed by atoms with Crippen LogP contribution in [-0.4, -0.2) is 62.7 Å². The average molecular weight is 655 g/mol. The molecule has 0 radical (unpaired) electrons. The van der Waals surface area contributed by atoms with Gasteiger partial charge in [0.05, 0.1) is 47.9 Å². The average Bonchev–Trinajstić information content (AvgIpc) is 3.81. The van der Waals surface area contributed by atoms with Crippen molar-refractivity contribution in [3.63, 3.8) is 0 Å². The van der Waals surface area contributed by atoms with Gasteiger partial charge in [0, 0.05) is 54.7 Å². The van der Waals surface area contributed by atoms with Crippen molar-refractivity contribution in [2.24, 2.45) is 0 Å². The monoisotopic (exact) mass is 654 g/mol. The predicted octanol–water partition coefficient (Wildman–Crippen LogP) is 4.28. The number of imidazole rings is 2. The zero-order chi connectivity index (χ0) is 34.2. The molecule has 5 rings (SSSR count). The molecule has 48 heavy (non-hydrogen) atoms. The molecule has 14 nitrogen and oxygen atoms in total. The Labute approximate surface area is 275 Å². The second-order valence-corrected chi connectivity index (χ2v) is 11.0. The summed E-state index contributed by atoms with van der Waals surface area (Å²) in [5.74, 6) is -2.16. The maximum Gasteiger partial charge on any atom is 0.336 e. The highest BCUT2D eigenvalue weighted by Gasteiger charge is 2.38. The Kier molecular flexibility index (Phi) is 10.4. The first kappa shape index (κ1) is 33.3. The van der Waals surface area contributed by atoms with E-state index in [0.717, 1.165) is 17.0 Å². The Morgan fingerprint density at radius 3 is 2.38 bits per heavy atom. The van der Waals surface area contributed by atoms with E-state index in [-0.39, 0.29) is 42.5 Å². The number of carbonyl (C=O) groups excluding carboxylic acids is 3. The van der Waals surface area contributed by atoms with Crippen molar-refractivity contribution in [1.29, 1.82) is 0 Å². The van der Waals surface area contributed by atoms with Crippen LogP contribution in [0.2, 0.25) is 0 Å². The Bertz CT molecular complexity index is 1850. The number of nitro benzene ring substituents is 1. The molecule has 248 valence electrons. The van der Waals surface area contributed by atoms with Gasteiger partial charge in [0.15, 0.2) is 0 Å². The van der Waals surface area contributed by atoms with E-state index in [4.69, 9.17) is 14.2 Å². The molecule has 2 unspecified atom stereocenters. The van der Waals surface area contributed by atoms with Gasteiger partial charge < -0.3 is 29.1 Å². The summed E-state index contributed by atoms with van der Waals surface area (Å²) in [6.45, 7) is 2.80. The molecule has 3 heterocycles. The van der Waals surface area contributed by atoms with Crippen LogP contribution in [0, 0.1) is 10.1 Å². The lowest BCUT2D eigenvalue weighted by molar-refractivity contribution is -0.384. The van der Waals surface area contributed by atoms with Crippen molar-refractivity contribution in [1.82, 2.24) is 24.8 Å². The van der Waals surface area contributed by atoms with Crippen molar-refractivity contribution in [2.45, 2.75) is 38.6 Å².